The van der Waals surface area contributed by atoms with Crippen molar-refractivity contribution < 1.29 is 20.4 Å². The first-order chi connectivity index (χ1) is 13.6. The van der Waals surface area contributed by atoms with Crippen LogP contribution in [0.5, 0.6) is 0 Å². The molecule has 0 aliphatic carbocycles. The summed E-state index contributed by atoms with van der Waals surface area (Å²) in [5, 5.41) is 0. The van der Waals surface area contributed by atoms with Crippen molar-refractivity contribution in [3.8, 4) is 0 Å². The van der Waals surface area contributed by atoms with Crippen LogP contribution in [0.15, 0.2) is 46.4 Å². The SMILES string of the molecule is CCCCC(C=Nc1cc(CC)cc(CC)c1)=Nc1cc(CC)cc(CC)c1.[Pd]. The fourth-order valence-corrected chi connectivity index (χ4v) is 3.26. The maximum absolute atomic E-state index is 4.98. The number of unbranched alkanes of at least 4 members (excludes halogenated alkanes) is 1. The first-order valence-corrected chi connectivity index (χ1v) is 11.0. The van der Waals surface area contributed by atoms with Crippen molar-refractivity contribution in [2.75, 3.05) is 0 Å². The molecule has 0 bridgehead atoms. The molecule has 0 spiro atoms. The van der Waals surface area contributed by atoms with Crippen molar-refractivity contribution in [2.24, 2.45) is 9.98 Å². The van der Waals surface area contributed by atoms with E-state index >= 15 is 0 Å². The van der Waals surface area contributed by atoms with Crippen molar-refractivity contribution >= 4 is 23.3 Å². The van der Waals surface area contributed by atoms with Crippen LogP contribution >= 0.6 is 0 Å². The average Bonchev–Trinajstić information content (AvgIpc) is 2.74. The molecule has 0 saturated heterocycles. The van der Waals surface area contributed by atoms with E-state index in [0.29, 0.717) is 0 Å². The number of aryl methyl sites for hydroxylation is 4. The van der Waals surface area contributed by atoms with Gasteiger partial charge < -0.3 is 0 Å². The van der Waals surface area contributed by atoms with Crippen molar-refractivity contribution in [3.63, 3.8) is 0 Å². The summed E-state index contributed by atoms with van der Waals surface area (Å²) in [5.74, 6) is 0. The monoisotopic (exact) mass is 482 g/mol. The average molecular weight is 483 g/mol. The van der Waals surface area contributed by atoms with Gasteiger partial charge in [-0.3, -0.25) is 9.98 Å². The van der Waals surface area contributed by atoms with E-state index in [1.54, 1.807) is 0 Å². The summed E-state index contributed by atoms with van der Waals surface area (Å²) >= 11 is 0. The van der Waals surface area contributed by atoms with E-state index in [-0.39, 0.29) is 20.4 Å². The maximum Gasteiger partial charge on any atom is 0.0639 e. The second-order valence-corrected chi connectivity index (χ2v) is 7.39. The van der Waals surface area contributed by atoms with Crippen LogP contribution in [-0.2, 0) is 46.1 Å². The third kappa shape index (κ3) is 8.37. The summed E-state index contributed by atoms with van der Waals surface area (Å²) in [4.78, 5) is 9.78. The number of benzene rings is 2. The number of rotatable bonds is 10. The molecule has 0 fully saturated rings. The Morgan fingerprint density at radius 3 is 1.55 bits per heavy atom. The zero-order valence-electron chi connectivity index (χ0n) is 18.7. The Hall–Kier alpha value is -1.56. The van der Waals surface area contributed by atoms with Gasteiger partial charge in [0.25, 0.3) is 0 Å². The fraction of sp³-hybridized carbons (Fsp3) is 0.462. The zero-order valence-corrected chi connectivity index (χ0v) is 20.3. The van der Waals surface area contributed by atoms with E-state index < -0.39 is 0 Å². The van der Waals surface area contributed by atoms with Crippen molar-refractivity contribution in [2.45, 2.75) is 79.6 Å². The summed E-state index contributed by atoms with van der Waals surface area (Å²) in [6.07, 6.45) is 9.39. The smallest absolute Gasteiger partial charge is 0.0639 e. The largest absolute Gasteiger partial charge is 0.255 e. The second kappa shape index (κ2) is 13.6. The summed E-state index contributed by atoms with van der Waals surface area (Å²) in [6, 6.07) is 13.4. The molecule has 2 nitrogen and oxygen atoms in total. The van der Waals surface area contributed by atoms with Gasteiger partial charge in [0.2, 0.25) is 0 Å². The molecule has 160 valence electrons. The number of aliphatic imine (C=N–C) groups is 2. The molecule has 0 amide bonds. The van der Waals surface area contributed by atoms with E-state index in [1.165, 1.54) is 22.3 Å². The molecule has 2 rings (SSSR count). The molecule has 0 radical (unpaired) electrons. The van der Waals surface area contributed by atoms with Gasteiger partial charge in [-0.25, -0.2) is 0 Å². The van der Waals surface area contributed by atoms with Crippen LogP contribution in [0.25, 0.3) is 0 Å². The molecule has 29 heavy (non-hydrogen) atoms. The Balaban J connectivity index is 0.00000420. The molecular formula is C26H36N2Pd. The Bertz CT molecular complexity index is 777. The van der Waals surface area contributed by atoms with Gasteiger partial charge in [-0.05, 0) is 85.0 Å². The Kier molecular flexibility index (Phi) is 12.0. The summed E-state index contributed by atoms with van der Waals surface area (Å²) in [5.41, 5.74) is 8.57. The molecule has 2 aromatic carbocycles. The minimum Gasteiger partial charge on any atom is -0.255 e. The number of hydrogen-bond donors (Lipinski definition) is 0. The zero-order chi connectivity index (χ0) is 20.4. The van der Waals surface area contributed by atoms with E-state index in [0.717, 1.165) is 62.0 Å². The summed E-state index contributed by atoms with van der Waals surface area (Å²) in [6.45, 7) is 11.0. The Morgan fingerprint density at radius 1 is 0.690 bits per heavy atom. The van der Waals surface area contributed by atoms with E-state index in [9.17, 15) is 0 Å². The fourth-order valence-electron chi connectivity index (χ4n) is 3.26. The van der Waals surface area contributed by atoms with Gasteiger partial charge >= 0.3 is 0 Å². The molecule has 0 aromatic heterocycles. The van der Waals surface area contributed by atoms with Crippen LogP contribution in [0, 0.1) is 0 Å². The third-order valence-electron chi connectivity index (χ3n) is 5.13. The van der Waals surface area contributed by atoms with Crippen LogP contribution in [-0.4, -0.2) is 11.9 Å². The van der Waals surface area contributed by atoms with Gasteiger partial charge in [-0.2, -0.15) is 0 Å². The molecule has 3 heteroatoms. The molecule has 0 aliphatic heterocycles. The van der Waals surface area contributed by atoms with Crippen LogP contribution in [0.1, 0.15) is 76.1 Å². The van der Waals surface area contributed by atoms with Crippen LogP contribution in [0.4, 0.5) is 11.4 Å². The molecular weight excluding hydrogens is 447 g/mol. The van der Waals surface area contributed by atoms with E-state index in [4.69, 9.17) is 9.98 Å². The van der Waals surface area contributed by atoms with Crippen molar-refractivity contribution in [3.05, 3.63) is 58.7 Å². The van der Waals surface area contributed by atoms with Gasteiger partial charge in [-0.15, -0.1) is 0 Å². The Morgan fingerprint density at radius 2 is 1.14 bits per heavy atom. The quantitative estimate of drug-likeness (QED) is 0.246. The first-order valence-electron chi connectivity index (χ1n) is 11.0. The van der Waals surface area contributed by atoms with E-state index in [2.05, 4.69) is 71.0 Å². The molecule has 0 aliphatic rings. The summed E-state index contributed by atoms with van der Waals surface area (Å²) < 4.78 is 0. The standard InChI is InChI=1S/C26H36N2.Pd/c1-6-11-12-24(28-26-17-22(9-4)14-23(10-5)18-26)19-27-25-15-20(7-2)13-21(8-3)16-25;/h13-19H,6-12H2,1-5H3;. The number of nitrogens with zero attached hydrogens (tertiary/aromatic N) is 2. The second-order valence-electron chi connectivity index (χ2n) is 7.39. The predicted molar refractivity (Wildman–Crippen MR) is 125 cm³/mol. The van der Waals surface area contributed by atoms with Crippen LogP contribution in [0.2, 0.25) is 0 Å². The molecule has 0 unspecified atom stereocenters. The maximum atomic E-state index is 4.98. The van der Waals surface area contributed by atoms with Gasteiger partial charge in [0.1, 0.15) is 0 Å². The first kappa shape index (κ1) is 25.5. The van der Waals surface area contributed by atoms with Gasteiger partial charge in [-0.1, -0.05) is 53.2 Å². The van der Waals surface area contributed by atoms with E-state index in [1.807, 2.05) is 6.21 Å². The molecule has 2 aromatic rings. The topological polar surface area (TPSA) is 24.7 Å². The molecule has 0 heterocycles. The van der Waals surface area contributed by atoms with Gasteiger partial charge in [0.15, 0.2) is 0 Å². The van der Waals surface area contributed by atoms with Crippen LogP contribution < -0.4 is 0 Å². The molecule has 0 saturated carbocycles. The van der Waals surface area contributed by atoms with Gasteiger partial charge in [0.05, 0.1) is 17.1 Å². The molecule has 0 atom stereocenters. The number of hydrogen-bond acceptors (Lipinski definition) is 2. The summed E-state index contributed by atoms with van der Waals surface area (Å²) in [7, 11) is 0. The van der Waals surface area contributed by atoms with Crippen LogP contribution in [0.3, 0.4) is 0 Å². The predicted octanol–water partition coefficient (Wildman–Crippen LogP) is 7.60. The minimum absolute atomic E-state index is 0. The Labute approximate surface area is 191 Å². The van der Waals surface area contributed by atoms with Crippen molar-refractivity contribution in [1.29, 1.82) is 0 Å². The van der Waals surface area contributed by atoms with Gasteiger partial charge in [0, 0.05) is 26.6 Å². The molecule has 0 N–H and O–H groups in total. The normalized spacial score (nSPS) is 11.7. The van der Waals surface area contributed by atoms with Crippen molar-refractivity contribution in [1.82, 2.24) is 0 Å². The third-order valence-corrected chi connectivity index (χ3v) is 5.13. The minimum atomic E-state index is 0.